The highest BCUT2D eigenvalue weighted by Gasteiger charge is 2.37. The highest BCUT2D eigenvalue weighted by molar-refractivity contribution is 5.84. The fraction of sp³-hybridized carbons (Fsp3) is 0.520. The Balaban J connectivity index is 1.84. The maximum Gasteiger partial charge on any atom is 0.306 e. The number of hydrogen-bond donors (Lipinski definition) is 0. The van der Waals surface area contributed by atoms with Crippen molar-refractivity contribution in [1.82, 2.24) is 0 Å². The molecule has 1 aliphatic carbocycles. The molecule has 1 saturated carbocycles. The lowest BCUT2D eigenvalue weighted by Crippen LogP contribution is -2.14. The summed E-state index contributed by atoms with van der Waals surface area (Å²) in [6, 6.07) is 8.42. The number of ether oxygens (including phenoxy) is 1. The number of allylic oxidation sites excluding steroid dienone is 3. The van der Waals surface area contributed by atoms with Crippen molar-refractivity contribution in [3.63, 3.8) is 0 Å². The number of carbonyl (C=O) groups is 2. The molecule has 1 aliphatic rings. The molecule has 1 fully saturated rings. The van der Waals surface area contributed by atoms with Gasteiger partial charge in [-0.05, 0) is 57.4 Å². The third kappa shape index (κ3) is 7.10. The molecule has 152 valence electrons. The standard InChI is InChI=1S/C25H34O3/c1-18(2)28-25(27)13-8-6-5-7-12-23-22(20(4)17-24(23)26)15-14-21-11-9-10-19(3)16-21/h5,7,9-11,14-16,18,20,22-23H,6,8,12-13,17H2,1-4H3/b7-5-,15-14+/t20-,22+,23-/m1/s1. The molecule has 3 heteroatoms. The summed E-state index contributed by atoms with van der Waals surface area (Å²) in [5.74, 6) is 0.982. The van der Waals surface area contributed by atoms with Crippen LogP contribution in [0, 0.1) is 24.7 Å². The van der Waals surface area contributed by atoms with Crippen molar-refractivity contribution in [2.75, 3.05) is 0 Å². The molecular weight excluding hydrogens is 348 g/mol. The van der Waals surface area contributed by atoms with Crippen molar-refractivity contribution in [2.24, 2.45) is 17.8 Å². The lowest BCUT2D eigenvalue weighted by atomic mass is 9.87. The number of ketones is 1. The van der Waals surface area contributed by atoms with E-state index in [1.807, 2.05) is 13.8 Å². The van der Waals surface area contributed by atoms with Crippen molar-refractivity contribution >= 4 is 17.8 Å². The summed E-state index contributed by atoms with van der Waals surface area (Å²) in [5, 5.41) is 0. The van der Waals surface area contributed by atoms with Crippen molar-refractivity contribution in [1.29, 1.82) is 0 Å². The van der Waals surface area contributed by atoms with E-state index in [0.717, 1.165) is 19.3 Å². The van der Waals surface area contributed by atoms with E-state index < -0.39 is 0 Å². The second-order valence-electron chi connectivity index (χ2n) is 8.24. The van der Waals surface area contributed by atoms with Gasteiger partial charge in [-0.3, -0.25) is 9.59 Å². The van der Waals surface area contributed by atoms with Gasteiger partial charge < -0.3 is 4.74 Å². The monoisotopic (exact) mass is 382 g/mol. The number of aryl methyl sites for hydroxylation is 1. The Morgan fingerprint density at radius 3 is 2.79 bits per heavy atom. The van der Waals surface area contributed by atoms with Crippen LogP contribution in [0.5, 0.6) is 0 Å². The molecule has 0 bridgehead atoms. The van der Waals surface area contributed by atoms with Crippen molar-refractivity contribution < 1.29 is 14.3 Å². The molecule has 0 unspecified atom stereocenters. The van der Waals surface area contributed by atoms with E-state index in [1.165, 1.54) is 11.1 Å². The number of hydrogen-bond acceptors (Lipinski definition) is 3. The van der Waals surface area contributed by atoms with E-state index >= 15 is 0 Å². The molecule has 3 nitrogen and oxygen atoms in total. The summed E-state index contributed by atoms with van der Waals surface area (Å²) in [7, 11) is 0. The van der Waals surface area contributed by atoms with Crippen molar-refractivity contribution in [2.45, 2.75) is 65.9 Å². The number of benzene rings is 1. The maximum atomic E-state index is 12.4. The summed E-state index contributed by atoms with van der Waals surface area (Å²) in [4.78, 5) is 24.0. The minimum Gasteiger partial charge on any atom is -0.463 e. The molecule has 0 heterocycles. The van der Waals surface area contributed by atoms with E-state index in [2.05, 4.69) is 62.4 Å². The summed E-state index contributed by atoms with van der Waals surface area (Å²) >= 11 is 0. The van der Waals surface area contributed by atoms with Crippen molar-refractivity contribution in [3.8, 4) is 0 Å². The topological polar surface area (TPSA) is 43.4 Å². The number of unbranched alkanes of at least 4 members (excludes halogenated alkanes) is 1. The van der Waals surface area contributed by atoms with Gasteiger partial charge in [0, 0.05) is 18.8 Å². The van der Waals surface area contributed by atoms with Gasteiger partial charge in [-0.1, -0.05) is 61.1 Å². The molecule has 0 amide bonds. The van der Waals surface area contributed by atoms with Gasteiger partial charge in [-0.25, -0.2) is 0 Å². The lowest BCUT2D eigenvalue weighted by Gasteiger charge is -2.16. The third-order valence-corrected chi connectivity index (χ3v) is 5.29. The van der Waals surface area contributed by atoms with Gasteiger partial charge in [-0.2, -0.15) is 0 Å². The first-order valence-corrected chi connectivity index (χ1v) is 10.5. The Morgan fingerprint density at radius 2 is 2.07 bits per heavy atom. The molecule has 1 aromatic rings. The third-order valence-electron chi connectivity index (χ3n) is 5.29. The molecule has 0 N–H and O–H groups in total. The van der Waals surface area contributed by atoms with Crippen LogP contribution in [-0.2, 0) is 14.3 Å². The van der Waals surface area contributed by atoms with Gasteiger partial charge in [0.25, 0.3) is 0 Å². The van der Waals surface area contributed by atoms with E-state index in [9.17, 15) is 9.59 Å². The Bertz CT molecular complexity index is 714. The first kappa shape index (κ1) is 22.1. The number of carbonyl (C=O) groups excluding carboxylic acids is 2. The predicted molar refractivity (Wildman–Crippen MR) is 115 cm³/mol. The van der Waals surface area contributed by atoms with Crippen molar-refractivity contribution in [3.05, 3.63) is 53.6 Å². The molecule has 2 rings (SSSR count). The van der Waals surface area contributed by atoms with Crippen LogP contribution in [0.2, 0.25) is 0 Å². The van der Waals surface area contributed by atoms with Crippen LogP contribution in [0.3, 0.4) is 0 Å². The number of Topliss-reactive ketones (excluding diaryl/α,β-unsaturated/α-hetero) is 1. The van der Waals surface area contributed by atoms with Gasteiger partial charge in [-0.15, -0.1) is 0 Å². The molecule has 1 aromatic carbocycles. The largest absolute Gasteiger partial charge is 0.463 e. The van der Waals surface area contributed by atoms with Gasteiger partial charge in [0.2, 0.25) is 0 Å². The highest BCUT2D eigenvalue weighted by atomic mass is 16.5. The van der Waals surface area contributed by atoms with Crippen LogP contribution in [0.25, 0.3) is 6.08 Å². The minimum atomic E-state index is -0.135. The van der Waals surface area contributed by atoms with Crippen LogP contribution in [0.1, 0.15) is 64.0 Å². The Kier molecular flexibility index (Phi) is 8.69. The zero-order valence-corrected chi connectivity index (χ0v) is 17.7. The zero-order valence-electron chi connectivity index (χ0n) is 17.7. The lowest BCUT2D eigenvalue weighted by molar-refractivity contribution is -0.147. The molecule has 0 radical (unpaired) electrons. The van der Waals surface area contributed by atoms with E-state index in [1.54, 1.807) is 0 Å². The first-order valence-electron chi connectivity index (χ1n) is 10.5. The Morgan fingerprint density at radius 1 is 1.29 bits per heavy atom. The van der Waals surface area contributed by atoms with Gasteiger partial charge in [0.15, 0.2) is 0 Å². The zero-order chi connectivity index (χ0) is 20.5. The quantitative estimate of drug-likeness (QED) is 0.302. The molecule has 0 saturated heterocycles. The fourth-order valence-corrected chi connectivity index (χ4v) is 3.87. The van der Waals surface area contributed by atoms with Crippen LogP contribution in [0.15, 0.2) is 42.5 Å². The number of rotatable bonds is 9. The molecule has 0 aromatic heterocycles. The number of esters is 1. The predicted octanol–water partition coefficient (Wildman–Crippen LogP) is 5.92. The maximum absolute atomic E-state index is 12.4. The summed E-state index contributed by atoms with van der Waals surface area (Å²) in [5.41, 5.74) is 2.43. The van der Waals surface area contributed by atoms with E-state index in [0.29, 0.717) is 30.5 Å². The minimum absolute atomic E-state index is 0.0526. The normalized spacial score (nSPS) is 22.6. The van der Waals surface area contributed by atoms with Crippen LogP contribution in [0.4, 0.5) is 0 Å². The second kappa shape index (κ2) is 11.0. The SMILES string of the molecule is Cc1cccc(/C=C/[C@H]2[C@H](C)CC(=O)[C@@H]2C/C=C\CCCC(=O)OC(C)C)c1. The van der Waals surface area contributed by atoms with Gasteiger partial charge in [0.05, 0.1) is 6.10 Å². The highest BCUT2D eigenvalue weighted by Crippen LogP contribution is 2.38. The first-order chi connectivity index (χ1) is 13.4. The van der Waals surface area contributed by atoms with E-state index in [-0.39, 0.29) is 18.0 Å². The molecular formula is C25H34O3. The Labute approximate surface area is 169 Å². The van der Waals surface area contributed by atoms with Gasteiger partial charge in [0.1, 0.15) is 5.78 Å². The van der Waals surface area contributed by atoms with E-state index in [4.69, 9.17) is 4.74 Å². The average Bonchev–Trinajstić information content (AvgIpc) is 2.88. The van der Waals surface area contributed by atoms with Crippen LogP contribution in [-0.4, -0.2) is 17.9 Å². The molecule has 0 aliphatic heterocycles. The molecule has 0 spiro atoms. The second-order valence-corrected chi connectivity index (χ2v) is 8.24. The fourth-order valence-electron chi connectivity index (χ4n) is 3.87. The summed E-state index contributed by atoms with van der Waals surface area (Å²) < 4.78 is 5.13. The smallest absolute Gasteiger partial charge is 0.306 e. The average molecular weight is 383 g/mol. The molecule has 28 heavy (non-hydrogen) atoms. The van der Waals surface area contributed by atoms with Crippen LogP contribution < -0.4 is 0 Å². The molecule has 3 atom stereocenters. The Hall–Kier alpha value is -2.16. The summed E-state index contributed by atoms with van der Waals surface area (Å²) in [6.07, 6.45) is 12.1. The van der Waals surface area contributed by atoms with Crippen LogP contribution >= 0.6 is 0 Å². The van der Waals surface area contributed by atoms with Gasteiger partial charge >= 0.3 is 5.97 Å². The summed E-state index contributed by atoms with van der Waals surface area (Å²) in [6.45, 7) is 7.99.